The molecule has 2 N–H and O–H groups in total. The molecule has 2 rings (SSSR count). The van der Waals surface area contributed by atoms with Crippen molar-refractivity contribution in [3.8, 4) is 0 Å². The minimum atomic E-state index is 0.582. The van der Waals surface area contributed by atoms with Gasteiger partial charge in [0.25, 0.3) is 0 Å². The highest BCUT2D eigenvalue weighted by Gasteiger charge is 2.05. The molecule has 2 aromatic rings. The number of anilines is 1. The van der Waals surface area contributed by atoms with Crippen molar-refractivity contribution < 1.29 is 0 Å². The molecule has 0 spiro atoms. The highest BCUT2D eigenvalue weighted by molar-refractivity contribution is 9.10. The number of nitrogens with two attached hydrogens (primary N) is 1. The van der Waals surface area contributed by atoms with Crippen molar-refractivity contribution in [1.82, 2.24) is 9.97 Å². The van der Waals surface area contributed by atoms with Gasteiger partial charge in [0, 0.05) is 0 Å². The van der Waals surface area contributed by atoms with Gasteiger partial charge in [-0.05, 0) is 27.6 Å². The third kappa shape index (κ3) is 1.21. The zero-order valence-electron chi connectivity index (χ0n) is 6.34. The van der Waals surface area contributed by atoms with Crippen molar-refractivity contribution in [2.75, 3.05) is 5.73 Å². The van der Waals surface area contributed by atoms with Crippen LogP contribution in [-0.4, -0.2) is 17.8 Å². The molecular weight excluding hydrogens is 237 g/mol. The minimum Gasteiger partial charge on any atom is -0.375 e. The minimum absolute atomic E-state index is 0.582. The summed E-state index contributed by atoms with van der Waals surface area (Å²) in [7, 11) is 1.93. The first-order chi connectivity index (χ1) is 5.66. The molecule has 2 heterocycles. The molecule has 0 atom stereocenters. The lowest BCUT2D eigenvalue weighted by Crippen LogP contribution is -2.07. The summed E-state index contributed by atoms with van der Waals surface area (Å²) in [5.74, 6) is 0. The van der Waals surface area contributed by atoms with Crippen molar-refractivity contribution in [3.63, 3.8) is 0 Å². The number of halogens is 1. The molecule has 0 aliphatic carbocycles. The van der Waals surface area contributed by atoms with E-state index in [0.29, 0.717) is 5.13 Å². The number of hydrogen-bond donors (Lipinski definition) is 1. The van der Waals surface area contributed by atoms with E-state index in [0.717, 1.165) is 20.4 Å². The molecule has 2 aromatic heterocycles. The largest absolute Gasteiger partial charge is 0.375 e. The number of nitrogens with zero attached hydrogens (tertiary/aromatic N) is 2. The van der Waals surface area contributed by atoms with Gasteiger partial charge in [-0.1, -0.05) is 11.3 Å². The first-order valence-electron chi connectivity index (χ1n) is 3.36. The highest BCUT2D eigenvalue weighted by Crippen LogP contribution is 2.27. The van der Waals surface area contributed by atoms with Gasteiger partial charge >= 0.3 is 0 Å². The maximum Gasteiger partial charge on any atom is 0.181 e. The second-order valence-corrected chi connectivity index (χ2v) is 4.24. The lowest BCUT2D eigenvalue weighted by molar-refractivity contribution is 1.37. The van der Waals surface area contributed by atoms with E-state index < -0.39 is 0 Å². The van der Waals surface area contributed by atoms with Crippen LogP contribution in [-0.2, 0) is 0 Å². The van der Waals surface area contributed by atoms with E-state index >= 15 is 0 Å². The van der Waals surface area contributed by atoms with Crippen LogP contribution in [0.5, 0.6) is 0 Å². The van der Waals surface area contributed by atoms with Crippen LogP contribution < -0.4 is 11.3 Å². The Bertz CT molecular complexity index is 442. The van der Waals surface area contributed by atoms with Gasteiger partial charge in [-0.3, -0.25) is 4.98 Å². The van der Waals surface area contributed by atoms with Gasteiger partial charge in [0.2, 0.25) is 0 Å². The smallest absolute Gasteiger partial charge is 0.181 e. The Kier molecular flexibility index (Phi) is 1.81. The second-order valence-electron chi connectivity index (χ2n) is 2.45. The third-order valence-electron chi connectivity index (χ3n) is 1.48. The second kappa shape index (κ2) is 2.71. The SMILES string of the molecule is Bc1cc2nc(N)sc2c(Br)n1. The van der Waals surface area contributed by atoms with Crippen LogP contribution in [0.4, 0.5) is 5.13 Å². The van der Waals surface area contributed by atoms with Gasteiger partial charge in [-0.2, -0.15) is 0 Å². The molecule has 12 heavy (non-hydrogen) atoms. The number of pyridine rings is 1. The fourth-order valence-corrected chi connectivity index (χ4v) is 2.45. The summed E-state index contributed by atoms with van der Waals surface area (Å²) in [6, 6.07) is 1.92. The molecule has 0 saturated heterocycles. The maximum absolute atomic E-state index is 5.57. The summed E-state index contributed by atoms with van der Waals surface area (Å²) in [4.78, 5) is 8.41. The fourth-order valence-electron chi connectivity index (χ4n) is 1.03. The molecule has 6 heteroatoms. The zero-order valence-corrected chi connectivity index (χ0v) is 8.74. The monoisotopic (exact) mass is 241 g/mol. The van der Waals surface area contributed by atoms with Crippen molar-refractivity contribution in [2.24, 2.45) is 0 Å². The molecular formula is C6H5BBrN3S. The Morgan fingerprint density at radius 1 is 1.50 bits per heavy atom. The van der Waals surface area contributed by atoms with Crippen LogP contribution in [0.1, 0.15) is 0 Å². The van der Waals surface area contributed by atoms with E-state index in [1.54, 1.807) is 0 Å². The molecule has 0 aromatic carbocycles. The summed E-state index contributed by atoms with van der Waals surface area (Å²) < 4.78 is 1.84. The van der Waals surface area contributed by atoms with E-state index in [1.807, 2.05) is 13.9 Å². The summed E-state index contributed by atoms with van der Waals surface area (Å²) in [5.41, 5.74) is 7.43. The zero-order chi connectivity index (χ0) is 8.72. The van der Waals surface area contributed by atoms with Gasteiger partial charge in [-0.25, -0.2) is 4.98 Å². The summed E-state index contributed by atoms with van der Waals surface area (Å²) in [5, 5.41) is 0.582. The summed E-state index contributed by atoms with van der Waals surface area (Å²) in [6.07, 6.45) is 0. The van der Waals surface area contributed by atoms with Crippen LogP contribution in [0.25, 0.3) is 10.2 Å². The molecule has 3 nitrogen and oxygen atoms in total. The summed E-state index contributed by atoms with van der Waals surface area (Å²) >= 11 is 4.81. The number of aromatic nitrogens is 2. The van der Waals surface area contributed by atoms with Gasteiger partial charge in [0.05, 0.1) is 10.2 Å². The Hall–Kier alpha value is -0.615. The number of hydrogen-bond acceptors (Lipinski definition) is 4. The summed E-state index contributed by atoms with van der Waals surface area (Å²) in [6.45, 7) is 0. The molecule has 0 amide bonds. The Labute approximate surface area is 82.6 Å². The molecule has 0 bridgehead atoms. The Morgan fingerprint density at radius 2 is 2.25 bits per heavy atom. The number of fused-ring (bicyclic) bond motifs is 1. The number of thiazole rings is 1. The Balaban J connectivity index is 2.88. The predicted molar refractivity (Wildman–Crippen MR) is 57.7 cm³/mol. The predicted octanol–water partition coefficient (Wildman–Crippen LogP) is 0.294. The van der Waals surface area contributed by atoms with Crippen molar-refractivity contribution in [3.05, 3.63) is 10.7 Å². The average Bonchev–Trinajstić information content (AvgIpc) is 2.29. The Morgan fingerprint density at radius 3 is 3.00 bits per heavy atom. The molecule has 0 saturated carbocycles. The van der Waals surface area contributed by atoms with Gasteiger partial charge in [-0.15, -0.1) is 0 Å². The average molecular weight is 242 g/mol. The fraction of sp³-hybridized carbons (Fsp3) is 0. The van der Waals surface area contributed by atoms with Crippen LogP contribution in [0.15, 0.2) is 10.7 Å². The molecule has 0 aliphatic rings. The van der Waals surface area contributed by atoms with Gasteiger partial charge in [0.1, 0.15) is 4.60 Å². The van der Waals surface area contributed by atoms with Crippen LogP contribution >= 0.6 is 27.3 Å². The van der Waals surface area contributed by atoms with Crippen LogP contribution in [0.3, 0.4) is 0 Å². The van der Waals surface area contributed by atoms with E-state index in [2.05, 4.69) is 25.9 Å². The molecule has 60 valence electrons. The first kappa shape index (κ1) is 8.00. The van der Waals surface area contributed by atoms with E-state index in [1.165, 1.54) is 11.3 Å². The molecule has 0 fully saturated rings. The van der Waals surface area contributed by atoms with E-state index in [4.69, 9.17) is 5.73 Å². The van der Waals surface area contributed by atoms with Crippen molar-refractivity contribution in [2.45, 2.75) is 0 Å². The lowest BCUT2D eigenvalue weighted by atomic mass is 10.0. The standard InChI is InChI=1S/C6H5BBrN3S/c7-3-1-2-4(5(8)11-3)12-6(9)10-2/h1H,7H2,(H2,9,10). The van der Waals surface area contributed by atoms with Gasteiger partial charge < -0.3 is 5.73 Å². The molecule has 0 aliphatic heterocycles. The van der Waals surface area contributed by atoms with E-state index in [9.17, 15) is 0 Å². The molecule has 0 radical (unpaired) electrons. The molecule has 0 unspecified atom stereocenters. The normalized spacial score (nSPS) is 10.8. The third-order valence-corrected chi connectivity index (χ3v) is 3.22. The maximum atomic E-state index is 5.57. The van der Waals surface area contributed by atoms with Crippen molar-refractivity contribution in [1.29, 1.82) is 0 Å². The van der Waals surface area contributed by atoms with Crippen LogP contribution in [0, 0.1) is 0 Å². The quantitative estimate of drug-likeness (QED) is 0.533. The first-order valence-corrected chi connectivity index (χ1v) is 4.97. The van der Waals surface area contributed by atoms with Crippen LogP contribution in [0.2, 0.25) is 0 Å². The highest BCUT2D eigenvalue weighted by atomic mass is 79.9. The number of rotatable bonds is 0. The van der Waals surface area contributed by atoms with E-state index in [-0.39, 0.29) is 0 Å². The number of nitrogen functional groups attached to an aromatic ring is 1. The lowest BCUT2D eigenvalue weighted by Gasteiger charge is -1.93. The topological polar surface area (TPSA) is 51.8 Å². The van der Waals surface area contributed by atoms with Crippen molar-refractivity contribution >= 4 is 56.1 Å². The van der Waals surface area contributed by atoms with Gasteiger partial charge in [0.15, 0.2) is 13.0 Å².